The Morgan fingerprint density at radius 2 is 1.26 bits per heavy atom. The van der Waals surface area contributed by atoms with Gasteiger partial charge in [-0.05, 0) is 50.2 Å². The third-order valence-electron chi connectivity index (χ3n) is 4.34. The smallest absolute Gasteiger partial charge is 0.159 e. The Morgan fingerprint density at radius 1 is 0.696 bits per heavy atom. The molecule has 114 valence electrons. The molecule has 3 heteroatoms. The molecule has 1 aliphatic heterocycles. The Morgan fingerprint density at radius 3 is 1.87 bits per heavy atom. The standard InChI is InChI=1S/C20H19N3/c1-20(2)22(16-10-5-3-6-11-16)18-14-9-15-21-19(18)23(20)17-12-7-4-8-13-17/h3-15H,1-2H3. The molecule has 2 heterocycles. The largest absolute Gasteiger partial charge is 0.315 e. The Hall–Kier alpha value is -2.81. The van der Waals surface area contributed by atoms with E-state index in [0.29, 0.717) is 0 Å². The topological polar surface area (TPSA) is 19.4 Å². The zero-order chi connectivity index (χ0) is 15.9. The first-order valence-corrected chi connectivity index (χ1v) is 7.85. The maximum Gasteiger partial charge on any atom is 0.159 e. The number of hydrogen-bond donors (Lipinski definition) is 0. The van der Waals surface area contributed by atoms with Crippen LogP contribution in [0.3, 0.4) is 0 Å². The van der Waals surface area contributed by atoms with Crippen LogP contribution < -0.4 is 9.80 Å². The number of pyridine rings is 1. The van der Waals surface area contributed by atoms with Crippen molar-refractivity contribution in [3.63, 3.8) is 0 Å². The molecule has 1 aromatic heterocycles. The second kappa shape index (κ2) is 5.13. The van der Waals surface area contributed by atoms with Gasteiger partial charge in [0.05, 0.1) is 5.69 Å². The highest BCUT2D eigenvalue weighted by Crippen LogP contribution is 2.50. The van der Waals surface area contributed by atoms with Crippen molar-refractivity contribution in [2.24, 2.45) is 0 Å². The normalized spacial score (nSPS) is 15.6. The minimum Gasteiger partial charge on any atom is -0.315 e. The molecule has 0 fully saturated rings. The lowest BCUT2D eigenvalue weighted by molar-refractivity contribution is 0.538. The van der Waals surface area contributed by atoms with E-state index in [4.69, 9.17) is 0 Å². The molecule has 0 aliphatic carbocycles. The van der Waals surface area contributed by atoms with E-state index in [-0.39, 0.29) is 5.66 Å². The summed E-state index contributed by atoms with van der Waals surface area (Å²) in [6, 6.07) is 25.1. The predicted molar refractivity (Wildman–Crippen MR) is 95.5 cm³/mol. The highest BCUT2D eigenvalue weighted by atomic mass is 15.5. The van der Waals surface area contributed by atoms with Gasteiger partial charge >= 0.3 is 0 Å². The number of benzene rings is 2. The van der Waals surface area contributed by atoms with Gasteiger partial charge in [-0.2, -0.15) is 0 Å². The minimum absolute atomic E-state index is 0.251. The van der Waals surface area contributed by atoms with Crippen molar-refractivity contribution in [3.8, 4) is 0 Å². The molecular weight excluding hydrogens is 282 g/mol. The average Bonchev–Trinajstić information content (AvgIpc) is 2.82. The lowest BCUT2D eigenvalue weighted by Gasteiger charge is -2.40. The van der Waals surface area contributed by atoms with Crippen LogP contribution in [0.2, 0.25) is 0 Å². The summed E-state index contributed by atoms with van der Waals surface area (Å²) in [7, 11) is 0. The third-order valence-corrected chi connectivity index (χ3v) is 4.34. The molecule has 1 aliphatic rings. The molecule has 0 atom stereocenters. The average molecular weight is 301 g/mol. The SMILES string of the molecule is CC1(C)N(c2ccccc2)c2cccnc2N1c1ccccc1. The van der Waals surface area contributed by atoms with Gasteiger partial charge in [-0.15, -0.1) is 0 Å². The van der Waals surface area contributed by atoms with E-state index in [2.05, 4.69) is 83.2 Å². The molecule has 0 amide bonds. The number of rotatable bonds is 2. The second-order valence-corrected chi connectivity index (χ2v) is 6.18. The van der Waals surface area contributed by atoms with Crippen LogP contribution in [0.25, 0.3) is 0 Å². The Bertz CT molecular complexity index is 744. The van der Waals surface area contributed by atoms with Gasteiger partial charge in [0, 0.05) is 17.6 Å². The van der Waals surface area contributed by atoms with Gasteiger partial charge in [0.1, 0.15) is 5.66 Å². The third kappa shape index (κ3) is 2.08. The summed E-state index contributed by atoms with van der Waals surface area (Å²) in [5.41, 5.74) is 3.20. The molecule has 0 saturated carbocycles. The van der Waals surface area contributed by atoms with E-state index >= 15 is 0 Å². The van der Waals surface area contributed by atoms with Crippen molar-refractivity contribution < 1.29 is 0 Å². The summed E-state index contributed by atoms with van der Waals surface area (Å²) in [5.74, 6) is 0.993. The molecule has 0 spiro atoms. The van der Waals surface area contributed by atoms with Crippen molar-refractivity contribution >= 4 is 22.9 Å². The van der Waals surface area contributed by atoms with E-state index in [9.17, 15) is 0 Å². The molecular formula is C20H19N3. The second-order valence-electron chi connectivity index (χ2n) is 6.18. The summed E-state index contributed by atoms with van der Waals surface area (Å²) in [6.45, 7) is 4.46. The number of nitrogens with zero attached hydrogens (tertiary/aromatic N) is 3. The number of fused-ring (bicyclic) bond motifs is 1. The van der Waals surface area contributed by atoms with Gasteiger partial charge in [0.2, 0.25) is 0 Å². The molecule has 0 N–H and O–H groups in total. The fourth-order valence-corrected chi connectivity index (χ4v) is 3.44. The predicted octanol–water partition coefficient (Wildman–Crippen LogP) is 5.11. The van der Waals surface area contributed by atoms with Gasteiger partial charge in [-0.3, -0.25) is 0 Å². The van der Waals surface area contributed by atoms with Gasteiger partial charge in [0.15, 0.2) is 5.82 Å². The molecule has 0 saturated heterocycles. The number of hydrogen-bond acceptors (Lipinski definition) is 3. The molecule has 3 aromatic rings. The summed E-state index contributed by atoms with van der Waals surface area (Å²) in [4.78, 5) is 9.32. The summed E-state index contributed by atoms with van der Waals surface area (Å²) in [6.07, 6.45) is 1.86. The van der Waals surface area contributed by atoms with Gasteiger partial charge < -0.3 is 9.80 Å². The molecule has 3 nitrogen and oxygen atoms in total. The van der Waals surface area contributed by atoms with Crippen LogP contribution in [0.5, 0.6) is 0 Å². The maximum absolute atomic E-state index is 4.67. The summed E-state index contributed by atoms with van der Waals surface area (Å²) < 4.78 is 0. The molecule has 2 aromatic carbocycles. The summed E-state index contributed by atoms with van der Waals surface area (Å²) >= 11 is 0. The van der Waals surface area contributed by atoms with Gasteiger partial charge in [-0.25, -0.2) is 4.98 Å². The molecule has 0 radical (unpaired) electrons. The van der Waals surface area contributed by atoms with Crippen molar-refractivity contribution in [3.05, 3.63) is 79.0 Å². The first-order chi connectivity index (χ1) is 11.2. The van der Waals surface area contributed by atoms with Crippen LogP contribution in [0.1, 0.15) is 13.8 Å². The first-order valence-electron chi connectivity index (χ1n) is 7.85. The van der Waals surface area contributed by atoms with Crippen LogP contribution >= 0.6 is 0 Å². The lowest BCUT2D eigenvalue weighted by atomic mass is 10.1. The van der Waals surface area contributed by atoms with Crippen LogP contribution in [0.15, 0.2) is 79.0 Å². The molecule has 0 unspecified atom stereocenters. The Balaban J connectivity index is 1.93. The van der Waals surface area contributed by atoms with E-state index in [1.54, 1.807) is 0 Å². The fraction of sp³-hybridized carbons (Fsp3) is 0.150. The first kappa shape index (κ1) is 13.8. The Kier molecular flexibility index (Phi) is 3.08. The lowest BCUT2D eigenvalue weighted by Crippen LogP contribution is -2.48. The number of anilines is 4. The highest BCUT2D eigenvalue weighted by Gasteiger charge is 2.44. The van der Waals surface area contributed by atoms with Gasteiger partial charge in [-0.1, -0.05) is 36.4 Å². The minimum atomic E-state index is -0.251. The Labute approximate surface area is 136 Å². The molecule has 4 rings (SSSR count). The number of aromatic nitrogens is 1. The van der Waals surface area contributed by atoms with E-state index in [1.807, 2.05) is 24.4 Å². The highest BCUT2D eigenvalue weighted by molar-refractivity contribution is 5.87. The zero-order valence-electron chi connectivity index (χ0n) is 13.3. The maximum atomic E-state index is 4.67. The van der Waals surface area contributed by atoms with Gasteiger partial charge in [0.25, 0.3) is 0 Å². The summed E-state index contributed by atoms with van der Waals surface area (Å²) in [5, 5.41) is 0. The van der Waals surface area contributed by atoms with Crippen LogP contribution in [0.4, 0.5) is 22.9 Å². The van der Waals surface area contributed by atoms with Crippen molar-refractivity contribution in [1.82, 2.24) is 4.98 Å². The van der Waals surface area contributed by atoms with Crippen molar-refractivity contribution in [2.45, 2.75) is 19.5 Å². The molecule has 23 heavy (non-hydrogen) atoms. The van der Waals surface area contributed by atoms with Crippen LogP contribution in [-0.4, -0.2) is 10.6 Å². The quantitative estimate of drug-likeness (QED) is 0.656. The van der Waals surface area contributed by atoms with Crippen molar-refractivity contribution in [1.29, 1.82) is 0 Å². The monoisotopic (exact) mass is 301 g/mol. The van der Waals surface area contributed by atoms with E-state index < -0.39 is 0 Å². The number of para-hydroxylation sites is 2. The van der Waals surface area contributed by atoms with E-state index in [1.165, 1.54) is 5.69 Å². The van der Waals surface area contributed by atoms with Crippen LogP contribution in [0, 0.1) is 0 Å². The zero-order valence-corrected chi connectivity index (χ0v) is 13.3. The van der Waals surface area contributed by atoms with Crippen molar-refractivity contribution in [2.75, 3.05) is 9.80 Å². The van der Waals surface area contributed by atoms with Crippen LogP contribution in [-0.2, 0) is 0 Å². The fourth-order valence-electron chi connectivity index (χ4n) is 3.44. The van der Waals surface area contributed by atoms with E-state index in [0.717, 1.165) is 17.2 Å². The molecule has 0 bridgehead atoms.